The lowest BCUT2D eigenvalue weighted by Gasteiger charge is -2.08. The molecule has 0 bridgehead atoms. The quantitative estimate of drug-likeness (QED) is 0.666. The zero-order chi connectivity index (χ0) is 11.7. The molecule has 0 atom stereocenters. The van der Waals surface area contributed by atoms with Crippen molar-refractivity contribution in [3.63, 3.8) is 0 Å². The van der Waals surface area contributed by atoms with Gasteiger partial charge in [0.1, 0.15) is 5.82 Å². The van der Waals surface area contributed by atoms with Gasteiger partial charge in [0, 0.05) is 22.2 Å². The summed E-state index contributed by atoms with van der Waals surface area (Å²) in [4.78, 5) is 0. The summed E-state index contributed by atoms with van der Waals surface area (Å²) in [6, 6.07) is 10.1. The Bertz CT molecular complexity index is 518. The minimum atomic E-state index is -0.402. The van der Waals surface area contributed by atoms with E-state index in [1.165, 1.54) is 12.1 Å². The first-order chi connectivity index (χ1) is 7.59. The van der Waals surface area contributed by atoms with Crippen LogP contribution in [0.5, 0.6) is 0 Å². The fourth-order valence-electron chi connectivity index (χ4n) is 1.39. The molecule has 2 rings (SSSR count). The molecule has 0 amide bonds. The molecule has 0 unspecified atom stereocenters. The number of rotatable bonds is 1. The van der Waals surface area contributed by atoms with Gasteiger partial charge in [-0.2, -0.15) is 0 Å². The van der Waals surface area contributed by atoms with E-state index in [0.29, 0.717) is 21.2 Å². The zero-order valence-electron chi connectivity index (χ0n) is 7.90. The van der Waals surface area contributed by atoms with Crippen molar-refractivity contribution in [1.29, 1.82) is 0 Å². The molecule has 1 radical (unpaired) electrons. The molecular weight excluding hydrogens is 269 g/mol. The molecule has 0 heterocycles. The highest BCUT2D eigenvalue weighted by Crippen LogP contribution is 2.38. The summed E-state index contributed by atoms with van der Waals surface area (Å²) in [7, 11) is 0. The summed E-state index contributed by atoms with van der Waals surface area (Å²) >= 11 is 17.9. The van der Waals surface area contributed by atoms with Crippen molar-refractivity contribution in [2.75, 3.05) is 0 Å². The van der Waals surface area contributed by atoms with Crippen LogP contribution in [0.15, 0.2) is 30.3 Å². The van der Waals surface area contributed by atoms with Gasteiger partial charge in [0.2, 0.25) is 0 Å². The Kier molecular flexibility index (Phi) is 3.38. The van der Waals surface area contributed by atoms with Gasteiger partial charge in [0.05, 0.1) is 10.0 Å². The SMILES string of the molecule is Fc1ccc(-c2c(Cl)[c]ccc2Cl)c(Cl)c1. The van der Waals surface area contributed by atoms with Crippen molar-refractivity contribution in [3.05, 3.63) is 57.3 Å². The summed E-state index contributed by atoms with van der Waals surface area (Å²) in [6.45, 7) is 0. The fourth-order valence-corrected chi connectivity index (χ4v) is 2.22. The number of hydrogen-bond acceptors (Lipinski definition) is 0. The average Bonchev–Trinajstić information content (AvgIpc) is 2.20. The van der Waals surface area contributed by atoms with Gasteiger partial charge in [-0.05, 0) is 24.3 Å². The normalized spacial score (nSPS) is 10.5. The van der Waals surface area contributed by atoms with Gasteiger partial charge >= 0.3 is 0 Å². The Hall–Kier alpha value is -0.760. The zero-order valence-corrected chi connectivity index (χ0v) is 10.2. The van der Waals surface area contributed by atoms with Crippen molar-refractivity contribution in [3.8, 4) is 11.1 Å². The van der Waals surface area contributed by atoms with Crippen LogP contribution in [-0.4, -0.2) is 0 Å². The summed E-state index contributed by atoms with van der Waals surface area (Å²) in [5.41, 5.74) is 1.16. The van der Waals surface area contributed by atoms with Crippen LogP contribution in [0.2, 0.25) is 15.1 Å². The van der Waals surface area contributed by atoms with Crippen LogP contribution in [-0.2, 0) is 0 Å². The van der Waals surface area contributed by atoms with Gasteiger partial charge in [0.15, 0.2) is 0 Å². The minimum Gasteiger partial charge on any atom is -0.207 e. The third-order valence-electron chi connectivity index (χ3n) is 2.10. The maximum Gasteiger partial charge on any atom is 0.124 e. The highest BCUT2D eigenvalue weighted by molar-refractivity contribution is 6.41. The average molecular weight is 275 g/mol. The Morgan fingerprint density at radius 1 is 1.00 bits per heavy atom. The predicted octanol–water partition coefficient (Wildman–Crippen LogP) is 5.25. The van der Waals surface area contributed by atoms with Crippen molar-refractivity contribution in [2.45, 2.75) is 0 Å². The number of hydrogen-bond donors (Lipinski definition) is 0. The summed E-state index contributed by atoms with van der Waals surface area (Å²) in [5, 5.41) is 1.08. The van der Waals surface area contributed by atoms with Gasteiger partial charge in [-0.3, -0.25) is 0 Å². The van der Waals surface area contributed by atoms with Gasteiger partial charge < -0.3 is 0 Å². The van der Waals surface area contributed by atoms with Gasteiger partial charge in [-0.1, -0.05) is 40.9 Å². The highest BCUT2D eigenvalue weighted by Gasteiger charge is 2.12. The molecule has 0 saturated heterocycles. The lowest BCUT2D eigenvalue weighted by atomic mass is 10.1. The largest absolute Gasteiger partial charge is 0.207 e. The lowest BCUT2D eigenvalue weighted by molar-refractivity contribution is 0.628. The first-order valence-corrected chi connectivity index (χ1v) is 5.54. The van der Waals surface area contributed by atoms with E-state index in [4.69, 9.17) is 34.8 Å². The molecule has 0 nitrogen and oxygen atoms in total. The molecular formula is C12H5Cl3F. The van der Waals surface area contributed by atoms with Crippen molar-refractivity contribution < 1.29 is 4.39 Å². The molecule has 0 aliphatic heterocycles. The molecule has 0 fully saturated rings. The van der Waals surface area contributed by atoms with Crippen molar-refractivity contribution >= 4 is 34.8 Å². The molecule has 0 aliphatic carbocycles. The molecule has 0 N–H and O–H groups in total. The highest BCUT2D eigenvalue weighted by atomic mass is 35.5. The second kappa shape index (κ2) is 4.62. The van der Waals surface area contributed by atoms with Crippen molar-refractivity contribution in [2.24, 2.45) is 0 Å². The maximum atomic E-state index is 12.9. The van der Waals surface area contributed by atoms with Crippen LogP contribution >= 0.6 is 34.8 Å². The number of halogens is 4. The Labute approximate surface area is 108 Å². The molecule has 2 aromatic carbocycles. The molecule has 0 saturated carbocycles. The molecule has 16 heavy (non-hydrogen) atoms. The summed E-state index contributed by atoms with van der Waals surface area (Å²) in [5.74, 6) is -0.402. The van der Waals surface area contributed by atoms with Gasteiger partial charge in [-0.15, -0.1) is 0 Å². The monoisotopic (exact) mass is 273 g/mol. The third-order valence-corrected chi connectivity index (χ3v) is 3.02. The van der Waals surface area contributed by atoms with E-state index in [2.05, 4.69) is 6.07 Å². The maximum absolute atomic E-state index is 12.9. The van der Waals surface area contributed by atoms with Crippen LogP contribution in [0.4, 0.5) is 4.39 Å². The summed E-state index contributed by atoms with van der Waals surface area (Å²) < 4.78 is 12.9. The topological polar surface area (TPSA) is 0 Å². The Balaban J connectivity index is 2.68. The van der Waals surface area contributed by atoms with E-state index in [0.717, 1.165) is 0 Å². The number of benzene rings is 2. The van der Waals surface area contributed by atoms with E-state index in [1.807, 2.05) is 0 Å². The summed E-state index contributed by atoms with van der Waals surface area (Å²) in [6.07, 6.45) is 0. The first-order valence-electron chi connectivity index (χ1n) is 4.40. The minimum absolute atomic E-state index is 0.267. The smallest absolute Gasteiger partial charge is 0.124 e. The predicted molar refractivity (Wildman–Crippen MR) is 65.7 cm³/mol. The Morgan fingerprint density at radius 3 is 2.38 bits per heavy atom. The van der Waals surface area contributed by atoms with E-state index < -0.39 is 5.82 Å². The van der Waals surface area contributed by atoms with Gasteiger partial charge in [0.25, 0.3) is 0 Å². The second-order valence-electron chi connectivity index (χ2n) is 3.14. The van der Waals surface area contributed by atoms with Crippen molar-refractivity contribution in [1.82, 2.24) is 0 Å². The van der Waals surface area contributed by atoms with E-state index in [9.17, 15) is 4.39 Å². The van der Waals surface area contributed by atoms with Gasteiger partial charge in [-0.25, -0.2) is 4.39 Å². The molecule has 81 valence electrons. The van der Waals surface area contributed by atoms with Crippen LogP contribution in [0.1, 0.15) is 0 Å². The van der Waals surface area contributed by atoms with E-state index >= 15 is 0 Å². The van der Waals surface area contributed by atoms with Crippen LogP contribution < -0.4 is 0 Å². The fraction of sp³-hybridized carbons (Fsp3) is 0. The molecule has 2 aromatic rings. The first kappa shape index (κ1) is 11.7. The van der Waals surface area contributed by atoms with E-state index in [-0.39, 0.29) is 5.02 Å². The lowest BCUT2D eigenvalue weighted by Crippen LogP contribution is -1.84. The standard InChI is InChI=1S/C12H5Cl3F/c13-9-2-1-3-10(14)12(9)8-5-4-7(16)6-11(8)15/h1-2,4-6H. The van der Waals surface area contributed by atoms with Crippen LogP contribution in [0.25, 0.3) is 11.1 Å². The van der Waals surface area contributed by atoms with Crippen LogP contribution in [0, 0.1) is 11.9 Å². The molecule has 0 aliphatic rings. The third kappa shape index (κ3) is 2.17. The molecule has 0 spiro atoms. The molecule has 4 heteroatoms. The van der Waals surface area contributed by atoms with E-state index in [1.54, 1.807) is 18.2 Å². The Morgan fingerprint density at radius 2 is 1.75 bits per heavy atom. The second-order valence-corrected chi connectivity index (χ2v) is 4.33. The molecule has 0 aromatic heterocycles. The van der Waals surface area contributed by atoms with Crippen LogP contribution in [0.3, 0.4) is 0 Å².